The molecule has 3 aromatic heterocycles. The van der Waals surface area contributed by atoms with Gasteiger partial charge in [-0.3, -0.25) is 9.47 Å². The zero-order chi connectivity index (χ0) is 28.8. The molecule has 1 unspecified atom stereocenters. The van der Waals surface area contributed by atoms with Crippen molar-refractivity contribution in [3.8, 4) is 17.2 Å². The molecule has 0 saturated carbocycles. The summed E-state index contributed by atoms with van der Waals surface area (Å²) in [5.41, 5.74) is 3.42. The monoisotopic (exact) mass is 568 g/mol. The zero-order valence-electron chi connectivity index (χ0n) is 23.7. The second kappa shape index (κ2) is 10.4. The number of anilines is 1. The number of ether oxygens (including phenoxy) is 1. The first-order valence-corrected chi connectivity index (χ1v) is 14.4. The molecule has 2 saturated heterocycles. The van der Waals surface area contributed by atoms with Gasteiger partial charge in [0.25, 0.3) is 0 Å². The van der Waals surface area contributed by atoms with E-state index in [1.54, 1.807) is 24.8 Å². The first kappa shape index (κ1) is 26.4. The van der Waals surface area contributed by atoms with Gasteiger partial charge < -0.3 is 19.6 Å². The molecule has 2 aliphatic heterocycles. The smallest absolute Gasteiger partial charge is 0.323 e. The third-order valence-electron chi connectivity index (χ3n) is 8.49. The number of halogens is 1. The Balaban J connectivity index is 1.09. The topological polar surface area (TPSA) is 108 Å². The Labute approximate surface area is 242 Å². The number of hydrogen-bond donors (Lipinski definition) is 2. The lowest BCUT2D eigenvalue weighted by Gasteiger charge is -2.26. The van der Waals surface area contributed by atoms with E-state index >= 15 is 0 Å². The number of nitrogens with zero attached hydrogens (tertiary/aromatic N) is 6. The molecule has 2 aromatic carbocycles. The number of nitrogens with one attached hydrogen (secondary N) is 2. The van der Waals surface area contributed by atoms with E-state index in [9.17, 15) is 9.18 Å². The van der Waals surface area contributed by atoms with Gasteiger partial charge in [-0.2, -0.15) is 0 Å². The lowest BCUT2D eigenvalue weighted by molar-refractivity contribution is 0.270. The Morgan fingerprint density at radius 1 is 1.02 bits per heavy atom. The number of imidazole rings is 2. The molecule has 42 heavy (non-hydrogen) atoms. The SMILES string of the molecule is CC(C)c1nccn1-c1cc(F)ccc1Oc1cncnc1N1CCC2(CCN(Cc3ccc4[nH]c(=O)[nH]c4c3)C2)C1. The van der Waals surface area contributed by atoms with Crippen LogP contribution in [0.2, 0.25) is 0 Å². The summed E-state index contributed by atoms with van der Waals surface area (Å²) in [5.74, 6) is 2.42. The molecule has 7 rings (SSSR count). The predicted octanol–water partition coefficient (Wildman–Crippen LogP) is 4.99. The summed E-state index contributed by atoms with van der Waals surface area (Å²) in [4.78, 5) is 35.5. The quantitative estimate of drug-likeness (QED) is 0.285. The maximum Gasteiger partial charge on any atom is 0.323 e. The Bertz CT molecular complexity index is 1810. The molecule has 0 radical (unpaired) electrons. The van der Waals surface area contributed by atoms with Crippen LogP contribution in [0.1, 0.15) is 44.0 Å². The average molecular weight is 569 g/mol. The highest BCUT2D eigenvalue weighted by Gasteiger charge is 2.44. The van der Waals surface area contributed by atoms with Crippen molar-refractivity contribution in [1.29, 1.82) is 0 Å². The third-order valence-corrected chi connectivity index (χ3v) is 8.49. The van der Waals surface area contributed by atoms with Gasteiger partial charge in [-0.25, -0.2) is 24.1 Å². The van der Waals surface area contributed by atoms with Gasteiger partial charge >= 0.3 is 5.69 Å². The van der Waals surface area contributed by atoms with Crippen LogP contribution >= 0.6 is 0 Å². The summed E-state index contributed by atoms with van der Waals surface area (Å²) >= 11 is 0. The molecule has 2 N–H and O–H groups in total. The van der Waals surface area contributed by atoms with E-state index in [-0.39, 0.29) is 22.8 Å². The maximum atomic E-state index is 14.4. The summed E-state index contributed by atoms with van der Waals surface area (Å²) in [7, 11) is 0. The molecular formula is C31H33FN8O2. The van der Waals surface area contributed by atoms with Crippen molar-refractivity contribution in [2.45, 2.75) is 39.2 Å². The number of likely N-dealkylation sites (tertiary alicyclic amines) is 1. The van der Waals surface area contributed by atoms with Crippen LogP contribution in [-0.4, -0.2) is 60.6 Å². The molecule has 0 amide bonds. The van der Waals surface area contributed by atoms with Crippen molar-refractivity contribution in [3.05, 3.63) is 89.0 Å². The third kappa shape index (κ3) is 4.94. The predicted molar refractivity (Wildman–Crippen MR) is 158 cm³/mol. The highest BCUT2D eigenvalue weighted by molar-refractivity contribution is 5.75. The fraction of sp³-hybridized carbons (Fsp3) is 0.355. The first-order valence-electron chi connectivity index (χ1n) is 14.4. The van der Waals surface area contributed by atoms with E-state index < -0.39 is 0 Å². The minimum Gasteiger partial charge on any atom is -0.450 e. The van der Waals surface area contributed by atoms with Crippen LogP contribution in [0.5, 0.6) is 11.5 Å². The number of rotatable bonds is 7. The number of H-pyrrole nitrogens is 2. The van der Waals surface area contributed by atoms with Gasteiger partial charge in [0.15, 0.2) is 17.3 Å². The fourth-order valence-corrected chi connectivity index (χ4v) is 6.50. The van der Waals surface area contributed by atoms with Gasteiger partial charge in [-0.1, -0.05) is 19.9 Å². The molecule has 5 heterocycles. The lowest BCUT2D eigenvalue weighted by atomic mass is 9.86. The molecule has 2 fully saturated rings. The van der Waals surface area contributed by atoms with Crippen LogP contribution in [0.15, 0.2) is 66.1 Å². The molecule has 5 aromatic rings. The van der Waals surface area contributed by atoms with Crippen molar-refractivity contribution in [2.75, 3.05) is 31.1 Å². The van der Waals surface area contributed by atoms with Crippen molar-refractivity contribution in [3.63, 3.8) is 0 Å². The molecule has 10 nitrogen and oxygen atoms in total. The summed E-state index contributed by atoms with van der Waals surface area (Å²) in [6, 6.07) is 10.6. The second-order valence-corrected chi connectivity index (χ2v) is 11.8. The molecule has 0 bridgehead atoms. The Kier molecular flexibility index (Phi) is 6.53. The summed E-state index contributed by atoms with van der Waals surface area (Å²) < 4.78 is 22.7. The molecule has 0 aliphatic carbocycles. The molecule has 2 aliphatic rings. The van der Waals surface area contributed by atoms with Gasteiger partial charge in [0, 0.05) is 56.0 Å². The summed E-state index contributed by atoms with van der Waals surface area (Å²) in [6.07, 6.45) is 8.94. The van der Waals surface area contributed by atoms with Crippen molar-refractivity contribution in [2.24, 2.45) is 5.41 Å². The maximum absolute atomic E-state index is 14.4. The van der Waals surface area contributed by atoms with E-state index in [0.29, 0.717) is 17.2 Å². The van der Waals surface area contributed by atoms with Gasteiger partial charge in [0.1, 0.15) is 18.0 Å². The minimum absolute atomic E-state index is 0.152. The highest BCUT2D eigenvalue weighted by Crippen LogP contribution is 2.43. The zero-order valence-corrected chi connectivity index (χ0v) is 23.7. The highest BCUT2D eigenvalue weighted by atomic mass is 19.1. The number of aromatic nitrogens is 6. The van der Waals surface area contributed by atoms with E-state index in [0.717, 1.165) is 68.2 Å². The van der Waals surface area contributed by atoms with E-state index in [1.165, 1.54) is 17.7 Å². The number of aromatic amines is 2. The number of fused-ring (bicyclic) bond motifs is 1. The fourth-order valence-electron chi connectivity index (χ4n) is 6.50. The van der Waals surface area contributed by atoms with Gasteiger partial charge in [-0.05, 0) is 49.2 Å². The molecule has 216 valence electrons. The van der Waals surface area contributed by atoms with Crippen LogP contribution in [-0.2, 0) is 6.54 Å². The standard InChI is InChI=1S/C31H33FN8O2/c1-20(2)28-34-9-12-40(28)25-14-22(32)4-6-26(25)42-27-15-33-19-35-29(27)39-11-8-31(18-39)7-10-38(17-31)16-21-3-5-23-24(13-21)37-30(41)36-23/h3-6,9,12-15,19-20H,7-8,10-11,16-18H2,1-2H3,(H2,36,37,41). The van der Waals surface area contributed by atoms with Crippen LogP contribution in [0.25, 0.3) is 16.7 Å². The van der Waals surface area contributed by atoms with Gasteiger partial charge in [0.05, 0.1) is 22.9 Å². The van der Waals surface area contributed by atoms with Gasteiger partial charge in [-0.15, -0.1) is 0 Å². The molecular weight excluding hydrogens is 535 g/mol. The second-order valence-electron chi connectivity index (χ2n) is 11.8. The normalized spacial score (nSPS) is 19.1. The Morgan fingerprint density at radius 3 is 2.76 bits per heavy atom. The van der Waals surface area contributed by atoms with Crippen LogP contribution in [0.4, 0.5) is 10.2 Å². The number of hydrogen-bond acceptors (Lipinski definition) is 7. The van der Waals surface area contributed by atoms with Crippen molar-refractivity contribution >= 4 is 16.9 Å². The van der Waals surface area contributed by atoms with E-state index in [2.05, 4.69) is 60.7 Å². The molecule has 11 heteroatoms. The summed E-state index contributed by atoms with van der Waals surface area (Å²) in [6.45, 7) is 8.70. The largest absolute Gasteiger partial charge is 0.450 e. The van der Waals surface area contributed by atoms with E-state index in [4.69, 9.17) is 4.74 Å². The van der Waals surface area contributed by atoms with Crippen LogP contribution in [0.3, 0.4) is 0 Å². The molecule has 1 spiro atoms. The number of benzene rings is 2. The molecule has 1 atom stereocenters. The Hall–Kier alpha value is -4.51. The van der Waals surface area contributed by atoms with Gasteiger partial charge in [0.2, 0.25) is 0 Å². The van der Waals surface area contributed by atoms with Crippen molar-refractivity contribution in [1.82, 2.24) is 34.4 Å². The van der Waals surface area contributed by atoms with E-state index in [1.807, 2.05) is 16.8 Å². The average Bonchev–Trinajstić information content (AvgIpc) is 3.77. The van der Waals surface area contributed by atoms with Crippen molar-refractivity contribution < 1.29 is 9.13 Å². The summed E-state index contributed by atoms with van der Waals surface area (Å²) in [5, 5.41) is 0. The Morgan fingerprint density at radius 2 is 1.88 bits per heavy atom. The minimum atomic E-state index is -0.348. The first-order chi connectivity index (χ1) is 20.4. The van der Waals surface area contributed by atoms with Crippen LogP contribution in [0, 0.1) is 11.2 Å². The lowest BCUT2D eigenvalue weighted by Crippen LogP contribution is -2.31. The van der Waals surface area contributed by atoms with Crippen LogP contribution < -0.4 is 15.3 Å².